The number of nitrogens with zero attached hydrogens (tertiary/aromatic N) is 1. The number of nitrogens with one attached hydrogen (secondary N) is 1. The lowest BCUT2D eigenvalue weighted by molar-refractivity contribution is -0.132. The summed E-state index contributed by atoms with van der Waals surface area (Å²) in [6.07, 6.45) is 3.02. The zero-order chi connectivity index (χ0) is 17.5. The molecule has 1 aromatic carbocycles. The van der Waals surface area contributed by atoms with Crippen LogP contribution in [0, 0.1) is 5.92 Å². The molecule has 2 aliphatic rings. The van der Waals surface area contributed by atoms with Gasteiger partial charge in [-0.05, 0) is 36.5 Å². The maximum Gasteiger partial charge on any atom is 0.227 e. The summed E-state index contributed by atoms with van der Waals surface area (Å²) in [6.45, 7) is 0.612. The van der Waals surface area contributed by atoms with E-state index in [0.29, 0.717) is 23.7 Å². The van der Waals surface area contributed by atoms with Crippen molar-refractivity contribution in [1.82, 2.24) is 9.62 Å². The van der Waals surface area contributed by atoms with Gasteiger partial charge in [0, 0.05) is 18.6 Å². The fourth-order valence-corrected chi connectivity index (χ4v) is 4.89. The molecule has 8 heteroatoms. The van der Waals surface area contributed by atoms with Gasteiger partial charge < -0.3 is 9.64 Å². The molecule has 1 aromatic rings. The number of methoxy groups -OCH3 is 1. The zero-order valence-electron chi connectivity index (χ0n) is 13.7. The Morgan fingerprint density at radius 3 is 2.71 bits per heavy atom. The Morgan fingerprint density at radius 2 is 2.17 bits per heavy atom. The van der Waals surface area contributed by atoms with Crippen LogP contribution in [0.5, 0.6) is 5.75 Å². The first kappa shape index (κ1) is 17.5. The first-order valence-electron chi connectivity index (χ1n) is 7.86. The Bertz CT molecular complexity index is 752. The number of carbonyl (C=O) groups excluding carboxylic acids is 1. The van der Waals surface area contributed by atoms with Crippen molar-refractivity contribution in [3.63, 3.8) is 0 Å². The molecule has 1 amide bonds. The van der Waals surface area contributed by atoms with Crippen molar-refractivity contribution in [2.24, 2.45) is 5.92 Å². The lowest BCUT2D eigenvalue weighted by Gasteiger charge is -2.31. The third kappa shape index (κ3) is 3.68. The molecule has 3 unspecified atom stereocenters. The molecule has 24 heavy (non-hydrogen) atoms. The molecule has 3 rings (SSSR count). The molecule has 1 N–H and O–H groups in total. The summed E-state index contributed by atoms with van der Waals surface area (Å²) in [4.78, 5) is 14.5. The van der Waals surface area contributed by atoms with Crippen molar-refractivity contribution in [3.8, 4) is 5.75 Å². The van der Waals surface area contributed by atoms with E-state index in [2.05, 4.69) is 4.72 Å². The molecule has 1 saturated carbocycles. The second-order valence-electron chi connectivity index (χ2n) is 6.57. The van der Waals surface area contributed by atoms with Crippen LogP contribution in [0.25, 0.3) is 0 Å². The molecule has 0 radical (unpaired) electrons. The fourth-order valence-electron chi connectivity index (χ4n) is 3.77. The van der Waals surface area contributed by atoms with Crippen molar-refractivity contribution < 1.29 is 17.9 Å². The van der Waals surface area contributed by atoms with Crippen LogP contribution >= 0.6 is 11.6 Å². The van der Waals surface area contributed by atoms with E-state index in [1.807, 2.05) is 11.0 Å². The first-order valence-corrected chi connectivity index (χ1v) is 10.1. The van der Waals surface area contributed by atoms with E-state index < -0.39 is 10.0 Å². The van der Waals surface area contributed by atoms with Crippen LogP contribution in [0.1, 0.15) is 18.4 Å². The molecular weight excluding hydrogens is 352 g/mol. The first-order chi connectivity index (χ1) is 11.3. The standard InChI is InChI=1S/C16H21ClN2O4S/c1-23-15-4-3-10(5-13(15)17)6-16(20)19-9-11-7-12(19)8-14(11)18-24(2,21)22/h3-5,11-12,14,18H,6-9H2,1-2H3. The molecular formula is C16H21ClN2O4S. The lowest BCUT2D eigenvalue weighted by atomic mass is 10.0. The summed E-state index contributed by atoms with van der Waals surface area (Å²) in [5.41, 5.74) is 0.847. The number of piperidine rings is 1. The van der Waals surface area contributed by atoms with E-state index in [-0.39, 0.29) is 30.3 Å². The highest BCUT2D eigenvalue weighted by Gasteiger charge is 2.46. The predicted octanol–water partition coefficient (Wildman–Crippen LogP) is 1.43. The van der Waals surface area contributed by atoms with Gasteiger partial charge in [-0.2, -0.15) is 0 Å². The van der Waals surface area contributed by atoms with Crippen molar-refractivity contribution in [2.45, 2.75) is 31.3 Å². The largest absolute Gasteiger partial charge is 0.495 e. The van der Waals surface area contributed by atoms with Crippen LogP contribution in [-0.2, 0) is 21.2 Å². The van der Waals surface area contributed by atoms with Gasteiger partial charge in [0.05, 0.1) is 24.8 Å². The Kier molecular flexibility index (Phi) is 4.77. The number of rotatable bonds is 5. The molecule has 0 spiro atoms. The number of sulfonamides is 1. The molecule has 1 aliphatic carbocycles. The van der Waals surface area contributed by atoms with E-state index in [1.54, 1.807) is 19.2 Å². The van der Waals surface area contributed by atoms with E-state index in [4.69, 9.17) is 16.3 Å². The second-order valence-corrected chi connectivity index (χ2v) is 8.76. The van der Waals surface area contributed by atoms with Gasteiger partial charge in [0.25, 0.3) is 0 Å². The van der Waals surface area contributed by atoms with Crippen LogP contribution in [0.3, 0.4) is 0 Å². The van der Waals surface area contributed by atoms with E-state index in [0.717, 1.165) is 12.0 Å². The maximum atomic E-state index is 12.6. The number of amides is 1. The number of halogens is 1. The minimum atomic E-state index is -3.21. The number of carbonyl (C=O) groups is 1. The highest BCUT2D eigenvalue weighted by atomic mass is 35.5. The summed E-state index contributed by atoms with van der Waals surface area (Å²) < 4.78 is 30.6. The van der Waals surface area contributed by atoms with Gasteiger partial charge in [0.2, 0.25) is 15.9 Å². The van der Waals surface area contributed by atoms with Gasteiger partial charge in [0.1, 0.15) is 5.75 Å². The molecule has 1 aliphatic heterocycles. The van der Waals surface area contributed by atoms with Gasteiger partial charge in [-0.1, -0.05) is 17.7 Å². The van der Waals surface area contributed by atoms with E-state index in [1.165, 1.54) is 6.26 Å². The zero-order valence-corrected chi connectivity index (χ0v) is 15.2. The number of hydrogen-bond donors (Lipinski definition) is 1. The van der Waals surface area contributed by atoms with Crippen molar-refractivity contribution in [1.29, 1.82) is 0 Å². The number of benzene rings is 1. The van der Waals surface area contributed by atoms with Crippen LogP contribution in [0.4, 0.5) is 0 Å². The molecule has 132 valence electrons. The highest BCUT2D eigenvalue weighted by molar-refractivity contribution is 7.88. The maximum absolute atomic E-state index is 12.6. The number of ether oxygens (including phenoxy) is 1. The minimum Gasteiger partial charge on any atom is -0.495 e. The Labute approximate surface area is 147 Å². The number of hydrogen-bond acceptors (Lipinski definition) is 4. The second kappa shape index (κ2) is 6.54. The fraction of sp³-hybridized carbons (Fsp3) is 0.562. The van der Waals surface area contributed by atoms with Gasteiger partial charge in [-0.3, -0.25) is 4.79 Å². The Morgan fingerprint density at radius 1 is 1.42 bits per heavy atom. The summed E-state index contributed by atoms with van der Waals surface area (Å²) in [7, 11) is -1.66. The molecule has 3 atom stereocenters. The van der Waals surface area contributed by atoms with Crippen LogP contribution in [-0.4, -0.2) is 51.2 Å². The normalized spacial score (nSPS) is 26.0. The smallest absolute Gasteiger partial charge is 0.227 e. The number of likely N-dealkylation sites (tertiary alicyclic amines) is 1. The Hall–Kier alpha value is -1.31. The molecule has 1 saturated heterocycles. The minimum absolute atomic E-state index is 0.0514. The third-order valence-corrected chi connectivity index (χ3v) is 5.83. The summed E-state index contributed by atoms with van der Waals surface area (Å²) in [5, 5.41) is 0.489. The topological polar surface area (TPSA) is 75.7 Å². The average molecular weight is 373 g/mol. The van der Waals surface area contributed by atoms with Crippen LogP contribution < -0.4 is 9.46 Å². The van der Waals surface area contributed by atoms with Gasteiger partial charge in [-0.15, -0.1) is 0 Å². The van der Waals surface area contributed by atoms with Crippen molar-refractivity contribution in [3.05, 3.63) is 28.8 Å². The third-order valence-electron chi connectivity index (χ3n) is 4.80. The van der Waals surface area contributed by atoms with Gasteiger partial charge >= 0.3 is 0 Å². The molecule has 6 nitrogen and oxygen atoms in total. The van der Waals surface area contributed by atoms with Gasteiger partial charge in [0.15, 0.2) is 0 Å². The predicted molar refractivity (Wildman–Crippen MR) is 91.7 cm³/mol. The summed E-state index contributed by atoms with van der Waals surface area (Å²) >= 11 is 6.10. The highest BCUT2D eigenvalue weighted by Crippen LogP contribution is 2.38. The van der Waals surface area contributed by atoms with E-state index in [9.17, 15) is 13.2 Å². The SMILES string of the molecule is COc1ccc(CC(=O)N2CC3CC2CC3NS(C)(=O)=O)cc1Cl. The quantitative estimate of drug-likeness (QED) is 0.848. The molecule has 0 aromatic heterocycles. The molecule has 2 bridgehead atoms. The van der Waals surface area contributed by atoms with Gasteiger partial charge in [-0.25, -0.2) is 13.1 Å². The lowest BCUT2D eigenvalue weighted by Crippen LogP contribution is -2.47. The van der Waals surface area contributed by atoms with E-state index >= 15 is 0 Å². The summed E-state index contributed by atoms with van der Waals surface area (Å²) in [6, 6.07) is 5.42. The average Bonchev–Trinajstić information content (AvgIpc) is 3.05. The Balaban J connectivity index is 1.61. The van der Waals surface area contributed by atoms with Crippen molar-refractivity contribution in [2.75, 3.05) is 19.9 Å². The summed E-state index contributed by atoms with van der Waals surface area (Å²) in [5.74, 6) is 0.845. The van der Waals surface area contributed by atoms with Crippen molar-refractivity contribution >= 4 is 27.5 Å². The number of fused-ring (bicyclic) bond motifs is 2. The molecule has 2 fully saturated rings. The monoisotopic (exact) mass is 372 g/mol. The van der Waals surface area contributed by atoms with Crippen LogP contribution in [0.15, 0.2) is 18.2 Å². The molecule has 1 heterocycles. The van der Waals surface area contributed by atoms with Crippen LogP contribution in [0.2, 0.25) is 5.02 Å².